The van der Waals surface area contributed by atoms with Gasteiger partial charge in [-0.25, -0.2) is 0 Å². The van der Waals surface area contributed by atoms with Crippen molar-refractivity contribution in [2.24, 2.45) is 0 Å². The van der Waals surface area contributed by atoms with E-state index in [0.29, 0.717) is 30.3 Å². The van der Waals surface area contributed by atoms with E-state index in [1.165, 1.54) is 5.69 Å². The monoisotopic (exact) mass is 369 g/mol. The second-order valence-corrected chi connectivity index (χ2v) is 6.84. The van der Waals surface area contributed by atoms with Crippen LogP contribution in [0.1, 0.15) is 21.9 Å². The van der Waals surface area contributed by atoms with Gasteiger partial charge in [0.15, 0.2) is 11.5 Å². The second-order valence-electron chi connectivity index (χ2n) is 6.84. The van der Waals surface area contributed by atoms with E-state index in [1.807, 2.05) is 16.5 Å². The zero-order valence-electron chi connectivity index (χ0n) is 15.6. The lowest BCUT2D eigenvalue weighted by Gasteiger charge is -2.34. The minimum absolute atomic E-state index is 0.102. The molecule has 27 heavy (non-hydrogen) atoms. The Morgan fingerprint density at radius 1 is 1.11 bits per heavy atom. The molecule has 0 spiro atoms. The van der Waals surface area contributed by atoms with Gasteiger partial charge in [-0.15, -0.1) is 0 Å². The molecule has 3 aromatic rings. The third-order valence-electron chi connectivity index (χ3n) is 4.88. The van der Waals surface area contributed by atoms with E-state index in [9.17, 15) is 4.79 Å². The van der Waals surface area contributed by atoms with Crippen LogP contribution in [-0.4, -0.2) is 63.4 Å². The van der Waals surface area contributed by atoms with Gasteiger partial charge >= 0.3 is 0 Å². The van der Waals surface area contributed by atoms with E-state index in [4.69, 9.17) is 8.94 Å². The first-order valence-corrected chi connectivity index (χ1v) is 9.13. The normalized spacial score (nSPS) is 15.4. The maximum atomic E-state index is 12.7. The quantitative estimate of drug-likeness (QED) is 0.686. The predicted molar refractivity (Wildman–Crippen MR) is 98.2 cm³/mol. The topological polar surface area (TPSA) is 80.5 Å². The number of rotatable bonds is 5. The Balaban J connectivity index is 1.30. The number of hydrogen-bond acceptors (Lipinski definition) is 6. The van der Waals surface area contributed by atoms with Gasteiger partial charge in [0, 0.05) is 44.5 Å². The average molecular weight is 369 g/mol. The molecule has 8 heteroatoms. The van der Waals surface area contributed by atoms with Gasteiger partial charge in [-0.2, -0.15) is 5.10 Å². The van der Waals surface area contributed by atoms with Gasteiger partial charge < -0.3 is 13.8 Å². The first-order chi connectivity index (χ1) is 13.1. The molecule has 0 radical (unpaired) electrons. The molecule has 8 nitrogen and oxygen atoms in total. The Morgan fingerprint density at radius 3 is 2.59 bits per heavy atom. The Bertz CT molecular complexity index is 904. The summed E-state index contributed by atoms with van der Waals surface area (Å²) < 4.78 is 12.5. The van der Waals surface area contributed by atoms with Crippen molar-refractivity contribution < 1.29 is 13.7 Å². The molecule has 1 fully saturated rings. The third kappa shape index (κ3) is 3.80. The highest BCUT2D eigenvalue weighted by Crippen LogP contribution is 2.21. The highest BCUT2D eigenvalue weighted by Gasteiger charge is 2.25. The third-order valence-corrected chi connectivity index (χ3v) is 4.88. The van der Waals surface area contributed by atoms with Gasteiger partial charge in [0.05, 0.1) is 18.5 Å². The van der Waals surface area contributed by atoms with E-state index in [2.05, 4.69) is 28.1 Å². The molecule has 1 saturated heterocycles. The minimum atomic E-state index is -0.102. The number of furan rings is 1. The maximum absolute atomic E-state index is 12.7. The molecule has 142 valence electrons. The summed E-state index contributed by atoms with van der Waals surface area (Å²) in [5.41, 5.74) is 2.54. The molecule has 0 atom stereocenters. The molecule has 0 aliphatic carbocycles. The molecular formula is C19H23N5O3. The fourth-order valence-electron chi connectivity index (χ4n) is 3.38. The summed E-state index contributed by atoms with van der Waals surface area (Å²) in [4.78, 5) is 16.8. The van der Waals surface area contributed by atoms with Crippen LogP contribution in [0.4, 0.5) is 0 Å². The van der Waals surface area contributed by atoms with Crippen molar-refractivity contribution >= 4 is 5.91 Å². The van der Waals surface area contributed by atoms with Crippen LogP contribution in [0, 0.1) is 13.8 Å². The van der Waals surface area contributed by atoms with Crippen molar-refractivity contribution in [3.8, 4) is 11.5 Å². The molecule has 0 N–H and O–H groups in total. The van der Waals surface area contributed by atoms with Crippen molar-refractivity contribution in [1.29, 1.82) is 0 Å². The number of amides is 1. The first-order valence-electron chi connectivity index (χ1n) is 9.13. The van der Waals surface area contributed by atoms with Crippen LogP contribution in [0.15, 0.2) is 39.5 Å². The molecule has 1 amide bonds. The van der Waals surface area contributed by atoms with Crippen LogP contribution in [0.25, 0.3) is 11.5 Å². The van der Waals surface area contributed by atoms with Crippen LogP contribution >= 0.6 is 0 Å². The van der Waals surface area contributed by atoms with Crippen molar-refractivity contribution in [1.82, 2.24) is 24.7 Å². The molecule has 1 aliphatic rings. The van der Waals surface area contributed by atoms with Crippen molar-refractivity contribution in [2.75, 3.05) is 32.7 Å². The summed E-state index contributed by atoms with van der Waals surface area (Å²) in [6, 6.07) is 7.27. The van der Waals surface area contributed by atoms with E-state index >= 15 is 0 Å². The summed E-state index contributed by atoms with van der Waals surface area (Å²) in [6.07, 6.45) is 1.56. The molecule has 4 heterocycles. The van der Waals surface area contributed by atoms with Crippen LogP contribution < -0.4 is 0 Å². The lowest BCUT2D eigenvalue weighted by atomic mass is 10.2. The molecule has 0 bridgehead atoms. The van der Waals surface area contributed by atoms with Gasteiger partial charge in [-0.05, 0) is 32.0 Å². The fraction of sp³-hybridized carbons (Fsp3) is 0.421. The second kappa shape index (κ2) is 7.40. The number of aromatic nitrogens is 3. The zero-order chi connectivity index (χ0) is 18.8. The van der Waals surface area contributed by atoms with Crippen LogP contribution in [0.3, 0.4) is 0 Å². The van der Waals surface area contributed by atoms with Crippen LogP contribution in [-0.2, 0) is 6.54 Å². The number of carbonyl (C=O) groups excluding carboxylic acids is 1. The summed E-state index contributed by atoms with van der Waals surface area (Å²) in [5.74, 6) is 0.928. The Kier molecular flexibility index (Phi) is 4.81. The molecule has 1 aliphatic heterocycles. The number of carbonyl (C=O) groups is 1. The van der Waals surface area contributed by atoms with Crippen molar-refractivity contribution in [3.63, 3.8) is 0 Å². The van der Waals surface area contributed by atoms with Crippen molar-refractivity contribution in [2.45, 2.75) is 20.4 Å². The van der Waals surface area contributed by atoms with E-state index in [0.717, 1.165) is 31.9 Å². The lowest BCUT2D eigenvalue weighted by molar-refractivity contribution is 0.0622. The van der Waals surface area contributed by atoms with Gasteiger partial charge in [-0.3, -0.25) is 14.4 Å². The maximum Gasteiger partial charge on any atom is 0.276 e. The Morgan fingerprint density at radius 2 is 1.93 bits per heavy atom. The smallest absolute Gasteiger partial charge is 0.276 e. The summed E-state index contributed by atoms with van der Waals surface area (Å²) in [6.45, 7) is 8.92. The van der Waals surface area contributed by atoms with Crippen LogP contribution in [0.5, 0.6) is 0 Å². The van der Waals surface area contributed by atoms with E-state index < -0.39 is 0 Å². The first kappa shape index (κ1) is 17.5. The highest BCUT2D eigenvalue weighted by atomic mass is 16.5. The van der Waals surface area contributed by atoms with Gasteiger partial charge in [0.25, 0.3) is 5.91 Å². The average Bonchev–Trinajstić information content (AvgIpc) is 3.41. The molecule has 0 aromatic carbocycles. The van der Waals surface area contributed by atoms with Gasteiger partial charge in [0.2, 0.25) is 5.76 Å². The predicted octanol–water partition coefficient (Wildman–Crippen LogP) is 2.21. The number of aryl methyl sites for hydroxylation is 2. The molecule has 0 saturated carbocycles. The molecular weight excluding hydrogens is 346 g/mol. The largest absolute Gasteiger partial charge is 0.461 e. The molecule has 4 rings (SSSR count). The van der Waals surface area contributed by atoms with Gasteiger partial charge in [-0.1, -0.05) is 5.16 Å². The van der Waals surface area contributed by atoms with Gasteiger partial charge in [0.1, 0.15) is 0 Å². The van der Waals surface area contributed by atoms with Crippen molar-refractivity contribution in [3.05, 3.63) is 47.6 Å². The van der Waals surface area contributed by atoms with Crippen LogP contribution in [0.2, 0.25) is 0 Å². The number of piperazine rings is 1. The van der Waals surface area contributed by atoms with E-state index in [1.54, 1.807) is 24.5 Å². The molecule has 0 unspecified atom stereocenters. The number of hydrogen-bond donors (Lipinski definition) is 0. The minimum Gasteiger partial charge on any atom is -0.461 e. The van der Waals surface area contributed by atoms with E-state index in [-0.39, 0.29) is 5.91 Å². The Hall–Kier alpha value is -2.87. The molecule has 3 aromatic heterocycles. The Labute approximate surface area is 157 Å². The summed E-state index contributed by atoms with van der Waals surface area (Å²) >= 11 is 0. The fourth-order valence-corrected chi connectivity index (χ4v) is 3.38. The summed E-state index contributed by atoms with van der Waals surface area (Å²) in [7, 11) is 0. The zero-order valence-corrected chi connectivity index (χ0v) is 15.6. The summed E-state index contributed by atoms with van der Waals surface area (Å²) in [5, 5.41) is 8.40. The highest BCUT2D eigenvalue weighted by molar-refractivity contribution is 5.93. The number of nitrogens with zero attached hydrogens (tertiary/aromatic N) is 5. The lowest BCUT2D eigenvalue weighted by Crippen LogP contribution is -2.49. The SMILES string of the molecule is Cc1cc(C)n(CCN2CCN(C(=O)c3cc(-c4ccco4)on3)CC2)n1. The standard InChI is InChI=1S/C19H23N5O3/c1-14-12-15(2)24(20-14)10-7-22-5-8-23(9-6-22)19(25)16-13-18(27-21-16)17-4-3-11-26-17/h3-4,11-13H,5-10H2,1-2H3.